The Labute approximate surface area is 139 Å². The number of hydrogen-bond acceptors (Lipinski definition) is 4. The van der Waals surface area contributed by atoms with Gasteiger partial charge in [-0.1, -0.05) is 13.8 Å². The first-order valence-electron chi connectivity index (χ1n) is 7.89. The van der Waals surface area contributed by atoms with E-state index in [9.17, 15) is 19.8 Å². The van der Waals surface area contributed by atoms with Gasteiger partial charge in [0.15, 0.2) is 0 Å². The van der Waals surface area contributed by atoms with E-state index in [0.717, 1.165) is 0 Å². The molecule has 0 radical (unpaired) electrons. The fourth-order valence-electron chi connectivity index (χ4n) is 1.51. The van der Waals surface area contributed by atoms with Crippen LogP contribution in [-0.4, -0.2) is 33.1 Å². The number of carbonyl (C=O) groups excluding carboxylic acids is 2. The predicted octanol–water partition coefficient (Wildman–Crippen LogP) is 1.81. The third kappa shape index (κ3) is 17.7. The minimum atomic E-state index is -1.15. The monoisotopic (exact) mass is 406 g/mol. The predicted molar refractivity (Wildman–Crippen MR) is 82.8 cm³/mol. The van der Waals surface area contributed by atoms with E-state index in [0.29, 0.717) is 12.8 Å². The molecule has 0 aliphatic rings. The summed E-state index contributed by atoms with van der Waals surface area (Å²) in [5, 5.41) is 20.4. The second-order valence-electron chi connectivity index (χ2n) is 5.85. The summed E-state index contributed by atoms with van der Waals surface area (Å²) in [6.07, 6.45) is 6.34. The average Bonchev–Trinajstić information content (AvgIpc) is 2.38. The maximum atomic E-state index is 10.4. The second-order valence-corrected chi connectivity index (χ2v) is 10.1. The summed E-state index contributed by atoms with van der Waals surface area (Å²) < 4.78 is 3.25. The van der Waals surface area contributed by atoms with Gasteiger partial charge in [0.1, 0.15) is 0 Å². The van der Waals surface area contributed by atoms with Crippen molar-refractivity contribution in [2.75, 3.05) is 0 Å². The number of rotatable bonds is 11. The van der Waals surface area contributed by atoms with E-state index in [-0.39, 0.29) is 27.6 Å². The maximum absolute atomic E-state index is 10.4. The first-order valence-corrected chi connectivity index (χ1v) is 11.9. The fraction of sp³-hybridized carbons (Fsp3) is 0.875. The topological polar surface area (TPSA) is 80.3 Å². The van der Waals surface area contributed by atoms with Crippen LogP contribution < -0.4 is 10.2 Å². The summed E-state index contributed by atoms with van der Waals surface area (Å²) >= 11 is 0.149. The van der Waals surface area contributed by atoms with Crippen LogP contribution in [0.1, 0.15) is 72.6 Å². The molecule has 0 saturated carbocycles. The first kappa shape index (κ1) is 23.0. The number of aliphatic carboxylic acids is 2. The van der Waals surface area contributed by atoms with Crippen LogP contribution in [0.15, 0.2) is 0 Å². The van der Waals surface area contributed by atoms with Gasteiger partial charge in [-0.2, -0.15) is 0 Å². The summed E-state index contributed by atoms with van der Waals surface area (Å²) in [5.41, 5.74) is -0.949. The Hall–Kier alpha value is -0.261. The third-order valence-electron chi connectivity index (χ3n) is 3.15. The molecule has 0 unspecified atom stereocenters. The van der Waals surface area contributed by atoms with Crippen molar-refractivity contribution in [3.63, 3.8) is 0 Å². The average molecular weight is 405 g/mol. The zero-order valence-corrected chi connectivity index (χ0v) is 16.9. The van der Waals surface area contributed by atoms with Gasteiger partial charge in [0.05, 0.1) is 0 Å². The zero-order valence-electron chi connectivity index (χ0n) is 14.0. The molecule has 0 aliphatic carbocycles. The van der Waals surface area contributed by atoms with Crippen LogP contribution >= 0.6 is 0 Å². The molecule has 4 nitrogen and oxygen atoms in total. The molecule has 0 bridgehead atoms. The molecule has 0 spiro atoms. The normalized spacial score (nSPS) is 10.3. The van der Waals surface area contributed by atoms with E-state index in [1.165, 1.54) is 39.5 Å². The van der Waals surface area contributed by atoms with Gasteiger partial charge in [-0.15, -0.1) is 0 Å². The van der Waals surface area contributed by atoms with Crippen molar-refractivity contribution in [3.8, 4) is 0 Å². The van der Waals surface area contributed by atoms with Crippen molar-refractivity contribution < 1.29 is 19.8 Å². The summed E-state index contributed by atoms with van der Waals surface area (Å²) in [4.78, 5) is 20.4. The van der Waals surface area contributed by atoms with Crippen molar-refractivity contribution >= 4 is 33.1 Å². The molecule has 122 valence electrons. The number of carboxylic acid groups (broad SMARTS) is 2. The molecule has 0 rings (SSSR count). The summed E-state index contributed by atoms with van der Waals surface area (Å²) in [5.74, 6) is -2.30. The SMILES string of the molecule is CC(C)(CCCC(=O)[O-])C(=O)[O-].CCC[CH2][Sn+2][CH2]CCC. The molecular weight excluding hydrogens is 375 g/mol. The Morgan fingerprint density at radius 2 is 1.43 bits per heavy atom. The van der Waals surface area contributed by atoms with Crippen LogP contribution in [0.2, 0.25) is 8.87 Å². The molecule has 0 saturated heterocycles. The third-order valence-corrected chi connectivity index (χ3v) is 7.19. The Kier molecular flexibility index (Phi) is 16.1. The van der Waals surface area contributed by atoms with Gasteiger partial charge < -0.3 is 19.8 Å². The van der Waals surface area contributed by atoms with Gasteiger partial charge in [0.25, 0.3) is 0 Å². The molecule has 0 atom stereocenters. The molecule has 0 amide bonds. The van der Waals surface area contributed by atoms with Crippen molar-refractivity contribution in [2.24, 2.45) is 5.41 Å². The van der Waals surface area contributed by atoms with Crippen LogP contribution in [-0.2, 0) is 9.59 Å². The van der Waals surface area contributed by atoms with Crippen LogP contribution in [0.25, 0.3) is 0 Å². The molecule has 5 heteroatoms. The molecule has 21 heavy (non-hydrogen) atoms. The van der Waals surface area contributed by atoms with E-state index in [2.05, 4.69) is 13.8 Å². The van der Waals surface area contributed by atoms with Crippen molar-refractivity contribution in [1.82, 2.24) is 0 Å². The van der Waals surface area contributed by atoms with Gasteiger partial charge in [0.2, 0.25) is 0 Å². The molecule has 0 aromatic carbocycles. The van der Waals surface area contributed by atoms with Gasteiger partial charge in [-0.3, -0.25) is 0 Å². The molecule has 0 aromatic rings. The molecule has 0 heterocycles. The van der Waals surface area contributed by atoms with Gasteiger partial charge in [-0.05, 0) is 19.3 Å². The number of unbranched alkanes of at least 4 members (excludes halogenated alkanes) is 2. The molecule has 0 N–H and O–H groups in total. The quantitative estimate of drug-likeness (QED) is 0.388. The van der Waals surface area contributed by atoms with E-state index in [4.69, 9.17) is 0 Å². The van der Waals surface area contributed by atoms with Crippen LogP contribution in [0.4, 0.5) is 0 Å². The van der Waals surface area contributed by atoms with Crippen LogP contribution in [0.3, 0.4) is 0 Å². The van der Waals surface area contributed by atoms with Crippen molar-refractivity contribution in [3.05, 3.63) is 0 Å². The van der Waals surface area contributed by atoms with E-state index in [1.807, 2.05) is 0 Å². The molecule has 0 aliphatic heterocycles. The van der Waals surface area contributed by atoms with E-state index in [1.54, 1.807) is 8.87 Å². The van der Waals surface area contributed by atoms with Crippen molar-refractivity contribution in [1.29, 1.82) is 0 Å². The number of hydrogen-bond donors (Lipinski definition) is 0. The Bertz CT molecular complexity index is 271. The van der Waals surface area contributed by atoms with Gasteiger partial charge in [0, 0.05) is 17.4 Å². The van der Waals surface area contributed by atoms with Crippen LogP contribution in [0.5, 0.6) is 0 Å². The molecule has 0 aromatic heterocycles. The number of carboxylic acids is 2. The van der Waals surface area contributed by atoms with Gasteiger partial charge in [-0.25, -0.2) is 0 Å². The standard InChI is InChI=1S/C8H14O4.2C4H9.Sn/c1-8(2,7(11)12)5-3-4-6(9)10;2*1-3-4-2;/h3-5H2,1-2H3,(H,9,10)(H,11,12);2*1,3-4H2,2H3;/q;;;+2/p-2. The molecular formula is C16H30O4Sn. The second kappa shape index (κ2) is 14.7. The fourth-order valence-corrected chi connectivity index (χ4v) is 5.66. The summed E-state index contributed by atoms with van der Waals surface area (Å²) in [6.45, 7) is 7.60. The van der Waals surface area contributed by atoms with E-state index < -0.39 is 17.4 Å². The van der Waals surface area contributed by atoms with E-state index >= 15 is 0 Å². The number of carbonyl (C=O) groups is 2. The zero-order chi connectivity index (χ0) is 16.7. The van der Waals surface area contributed by atoms with Crippen molar-refractivity contribution in [2.45, 2.75) is 81.5 Å². The summed E-state index contributed by atoms with van der Waals surface area (Å²) in [6, 6.07) is 0. The Morgan fingerprint density at radius 3 is 1.76 bits per heavy atom. The summed E-state index contributed by atoms with van der Waals surface area (Å²) in [7, 11) is 0. The van der Waals surface area contributed by atoms with Gasteiger partial charge >= 0.3 is 69.5 Å². The Morgan fingerprint density at radius 1 is 0.952 bits per heavy atom. The first-order chi connectivity index (χ1) is 9.77. The minimum absolute atomic E-state index is 0.100. The van der Waals surface area contributed by atoms with Crippen LogP contribution in [0, 0.1) is 5.41 Å². The Balaban J connectivity index is 0. The molecule has 0 fully saturated rings.